The summed E-state index contributed by atoms with van der Waals surface area (Å²) in [7, 11) is 0. The molecule has 2 aromatic rings. The second-order valence-electron chi connectivity index (χ2n) is 12.4. The minimum Gasteiger partial charge on any atom is -0.542 e. The fraction of sp³-hybridized carbons (Fsp3) is 0.531. The van der Waals surface area contributed by atoms with Crippen LogP contribution in [0.15, 0.2) is 53.5 Å². The predicted octanol–water partition coefficient (Wildman–Crippen LogP) is 4.42. The number of aliphatic imine (C=N–C) groups is 1. The van der Waals surface area contributed by atoms with Crippen LogP contribution in [0.25, 0.3) is 0 Å². The van der Waals surface area contributed by atoms with Gasteiger partial charge >= 0.3 is 12.2 Å². The third-order valence-electron chi connectivity index (χ3n) is 8.42. The lowest BCUT2D eigenvalue weighted by atomic mass is 9.81. The highest BCUT2D eigenvalue weighted by Gasteiger charge is 2.56. The van der Waals surface area contributed by atoms with E-state index in [9.17, 15) is 31.1 Å². The summed E-state index contributed by atoms with van der Waals surface area (Å²) in [5, 5.41) is 11.7. The number of nitrogens with one attached hydrogen (secondary N) is 2. The Balaban J connectivity index is 0.000000617. The van der Waals surface area contributed by atoms with Crippen molar-refractivity contribution >= 4 is 23.5 Å². The Kier molecular flexibility index (Phi) is 10.6. The maximum Gasteiger partial charge on any atom is 0.430 e. The van der Waals surface area contributed by atoms with Crippen LogP contribution in [-0.2, 0) is 11.3 Å². The number of carboxylic acid groups (broad SMARTS) is 1. The molecule has 3 aliphatic rings. The summed E-state index contributed by atoms with van der Waals surface area (Å²) in [6.07, 6.45) is -3.44. The molecule has 2 aromatic carbocycles. The van der Waals surface area contributed by atoms with Gasteiger partial charge in [0, 0.05) is 36.9 Å². The van der Waals surface area contributed by atoms with Crippen LogP contribution in [0.1, 0.15) is 64.9 Å². The number of carbonyl (C=O) groups excluding carboxylic acids is 2. The summed E-state index contributed by atoms with van der Waals surface area (Å²) >= 11 is 0. The number of likely N-dealkylation sites (tertiary alicyclic amines) is 1. The molecular formula is C32H38F6N4O4. The lowest BCUT2D eigenvalue weighted by Crippen LogP contribution is -3.16. The molecule has 46 heavy (non-hydrogen) atoms. The van der Waals surface area contributed by atoms with E-state index in [1.165, 1.54) is 17.0 Å². The average Bonchev–Trinajstić information content (AvgIpc) is 3.19. The van der Waals surface area contributed by atoms with Crippen molar-refractivity contribution in [2.45, 2.75) is 102 Å². The maximum atomic E-state index is 14.3. The molecular weight excluding hydrogens is 618 g/mol. The maximum absolute atomic E-state index is 14.3. The molecule has 2 amide bonds. The predicted molar refractivity (Wildman–Crippen MR) is 156 cm³/mol. The minimum absolute atomic E-state index is 0.0874. The van der Waals surface area contributed by atoms with Crippen LogP contribution in [0.4, 0.5) is 36.8 Å². The van der Waals surface area contributed by atoms with E-state index in [1.54, 1.807) is 17.0 Å². The summed E-state index contributed by atoms with van der Waals surface area (Å²) in [6, 6.07) is 13.3. The first kappa shape index (κ1) is 35.1. The highest BCUT2D eigenvalue weighted by molar-refractivity contribution is 6.19. The number of quaternary nitrogens is 1. The van der Waals surface area contributed by atoms with Crippen LogP contribution in [0, 0.1) is 5.82 Å². The zero-order valence-corrected chi connectivity index (χ0v) is 25.8. The largest absolute Gasteiger partial charge is 0.542 e. The SMILES string of the molecule is CC(C)Oc1cccc(C[NH+]2CC[C@@]3(C[C@@H]2C)C(=NC2CCCC(F)(F)C2)NC(=O)N3c2cccc(F)c2)c1.O=C([O-])C(F)(F)F. The summed E-state index contributed by atoms with van der Waals surface area (Å²) in [5.74, 6) is -4.92. The highest BCUT2D eigenvalue weighted by atomic mass is 19.4. The van der Waals surface area contributed by atoms with Gasteiger partial charge in [-0.05, 0) is 63.9 Å². The van der Waals surface area contributed by atoms with Gasteiger partial charge in [-0.1, -0.05) is 18.2 Å². The van der Waals surface area contributed by atoms with E-state index < -0.39 is 41.5 Å². The molecule has 1 aliphatic carbocycles. The van der Waals surface area contributed by atoms with Gasteiger partial charge in [-0.3, -0.25) is 15.2 Å². The molecule has 4 atom stereocenters. The molecule has 8 nitrogen and oxygen atoms in total. The number of urea groups is 1. The minimum atomic E-state index is -5.19. The van der Waals surface area contributed by atoms with Crippen molar-refractivity contribution < 1.29 is 50.7 Å². The van der Waals surface area contributed by atoms with Crippen molar-refractivity contribution in [2.24, 2.45) is 4.99 Å². The topological polar surface area (TPSA) is 98.5 Å². The average molecular weight is 657 g/mol. The normalized spacial score (nSPS) is 26.9. The standard InChI is InChI=1S/C30H37F3N4O2.C2HF3O2/c1-20(2)39-26-11-4-7-22(15-26)19-36-14-13-29(17-21(36)3)27(34-24-9-6-12-30(32,33)18-24)35-28(38)37(29)25-10-5-8-23(31)16-25;3-2(4,5)1(6)7/h4-5,7-8,10-11,15-16,20-21,24H,6,9,12-14,17-19H2,1-3H3,(H,34,35,38);(H,6,7)/t21-,24?,29+;/m0./s1. The van der Waals surface area contributed by atoms with E-state index in [4.69, 9.17) is 19.6 Å². The third-order valence-corrected chi connectivity index (χ3v) is 8.42. The van der Waals surface area contributed by atoms with Gasteiger partial charge in [0.05, 0.1) is 24.7 Å². The Hall–Kier alpha value is -3.81. The van der Waals surface area contributed by atoms with Crippen molar-refractivity contribution in [3.8, 4) is 5.75 Å². The number of carboxylic acids is 1. The number of aliphatic carboxylic acids is 1. The van der Waals surface area contributed by atoms with Gasteiger partial charge in [0.25, 0.3) is 0 Å². The van der Waals surface area contributed by atoms with Crippen LogP contribution >= 0.6 is 0 Å². The molecule has 2 saturated heterocycles. The van der Waals surface area contributed by atoms with Crippen LogP contribution in [0.2, 0.25) is 0 Å². The Bertz CT molecular complexity index is 1440. The molecule has 14 heteroatoms. The molecule has 0 aromatic heterocycles. The molecule has 2 heterocycles. The number of carbonyl (C=O) groups is 2. The van der Waals surface area contributed by atoms with Crippen LogP contribution in [0.3, 0.4) is 0 Å². The lowest BCUT2D eigenvalue weighted by Gasteiger charge is -2.45. The number of amidine groups is 1. The molecule has 252 valence electrons. The second-order valence-corrected chi connectivity index (χ2v) is 12.4. The molecule has 0 radical (unpaired) electrons. The number of ether oxygens (including phenoxy) is 1. The molecule has 1 spiro atoms. The van der Waals surface area contributed by atoms with Gasteiger partial charge in [0.2, 0.25) is 5.92 Å². The van der Waals surface area contributed by atoms with Gasteiger partial charge in [0.1, 0.15) is 35.5 Å². The summed E-state index contributed by atoms with van der Waals surface area (Å²) < 4.78 is 80.1. The first-order valence-corrected chi connectivity index (χ1v) is 15.2. The van der Waals surface area contributed by atoms with Crippen molar-refractivity contribution in [3.63, 3.8) is 0 Å². The number of nitrogens with zero attached hydrogens (tertiary/aromatic N) is 2. The van der Waals surface area contributed by atoms with E-state index >= 15 is 0 Å². The first-order chi connectivity index (χ1) is 21.5. The molecule has 2 N–H and O–H groups in total. The van der Waals surface area contributed by atoms with Crippen molar-refractivity contribution in [1.82, 2.24) is 5.32 Å². The fourth-order valence-corrected chi connectivity index (χ4v) is 6.45. The van der Waals surface area contributed by atoms with Gasteiger partial charge < -0.3 is 19.5 Å². The molecule has 3 fully saturated rings. The number of hydrogen-bond acceptors (Lipinski definition) is 5. The van der Waals surface area contributed by atoms with Gasteiger partial charge in [0.15, 0.2) is 0 Å². The van der Waals surface area contributed by atoms with Gasteiger partial charge in [-0.25, -0.2) is 18.0 Å². The third kappa shape index (κ3) is 8.51. The van der Waals surface area contributed by atoms with E-state index in [1.807, 2.05) is 26.0 Å². The monoisotopic (exact) mass is 656 g/mol. The number of halogens is 6. The number of benzene rings is 2. The van der Waals surface area contributed by atoms with Crippen molar-refractivity contribution in [2.75, 3.05) is 11.4 Å². The Morgan fingerprint density at radius 2 is 1.85 bits per heavy atom. The van der Waals surface area contributed by atoms with Crippen LogP contribution in [-0.4, -0.2) is 60.2 Å². The first-order valence-electron chi connectivity index (χ1n) is 15.2. The summed E-state index contributed by atoms with van der Waals surface area (Å²) in [6.45, 7) is 7.66. The number of alkyl halides is 5. The Labute approximate surface area is 263 Å². The van der Waals surface area contributed by atoms with Crippen LogP contribution in [0.5, 0.6) is 5.75 Å². The molecule has 5 rings (SSSR count). The fourth-order valence-electron chi connectivity index (χ4n) is 6.45. The van der Waals surface area contributed by atoms with E-state index in [2.05, 4.69) is 24.4 Å². The van der Waals surface area contributed by atoms with Crippen molar-refractivity contribution in [1.29, 1.82) is 0 Å². The van der Waals surface area contributed by atoms with E-state index in [-0.39, 0.29) is 25.0 Å². The number of hydrogen-bond donors (Lipinski definition) is 2. The van der Waals surface area contributed by atoms with Crippen molar-refractivity contribution in [3.05, 3.63) is 59.9 Å². The number of anilines is 1. The van der Waals surface area contributed by atoms with Crippen LogP contribution < -0.4 is 25.0 Å². The van der Waals surface area contributed by atoms with Gasteiger partial charge in [-0.15, -0.1) is 0 Å². The Morgan fingerprint density at radius 3 is 2.46 bits per heavy atom. The second kappa shape index (κ2) is 13.9. The number of rotatable bonds is 6. The molecule has 2 unspecified atom stereocenters. The lowest BCUT2D eigenvalue weighted by molar-refractivity contribution is -0.942. The zero-order chi connectivity index (χ0) is 33.9. The van der Waals surface area contributed by atoms with Gasteiger partial charge in [-0.2, -0.15) is 13.2 Å². The quantitative estimate of drug-likeness (QED) is 0.450. The molecule has 2 aliphatic heterocycles. The highest BCUT2D eigenvalue weighted by Crippen LogP contribution is 2.40. The summed E-state index contributed by atoms with van der Waals surface area (Å²) in [5.41, 5.74) is 0.760. The Morgan fingerprint density at radius 1 is 1.15 bits per heavy atom. The number of amides is 2. The summed E-state index contributed by atoms with van der Waals surface area (Å²) in [4.78, 5) is 29.9. The van der Waals surface area contributed by atoms with E-state index in [0.29, 0.717) is 37.2 Å². The van der Waals surface area contributed by atoms with E-state index in [0.717, 1.165) is 24.4 Å². The smallest absolute Gasteiger partial charge is 0.430 e. The zero-order valence-electron chi connectivity index (χ0n) is 25.8. The molecule has 1 saturated carbocycles. The number of piperidine rings is 1. The molecule has 0 bridgehead atoms.